The van der Waals surface area contributed by atoms with Crippen LogP contribution in [0.2, 0.25) is 0 Å². The zero-order valence-electron chi connectivity index (χ0n) is 44.7. The molecule has 0 heterocycles. The SMILES string of the molecule is CCCCC/C=C\CCCCCCCC(=O)OCC(COC(=O)CCCCCCCCCCCCCCCCCCCCCCCCC)OC(=O)CCCCCCCCCCCCCCC. The molecular formula is C60H114O6. The van der Waals surface area contributed by atoms with E-state index in [1.54, 1.807) is 0 Å². The Labute approximate surface area is 411 Å². The molecule has 0 aliphatic rings. The van der Waals surface area contributed by atoms with E-state index in [9.17, 15) is 14.4 Å². The summed E-state index contributed by atoms with van der Waals surface area (Å²) in [7, 11) is 0. The van der Waals surface area contributed by atoms with Crippen molar-refractivity contribution in [3.05, 3.63) is 12.2 Å². The van der Waals surface area contributed by atoms with Crippen LogP contribution in [-0.4, -0.2) is 37.2 Å². The smallest absolute Gasteiger partial charge is 0.306 e. The predicted octanol–water partition coefficient (Wildman–Crippen LogP) is 19.7. The maximum absolute atomic E-state index is 12.8. The predicted molar refractivity (Wildman–Crippen MR) is 284 cm³/mol. The van der Waals surface area contributed by atoms with Gasteiger partial charge in [0.15, 0.2) is 6.10 Å². The Morgan fingerprint density at radius 1 is 0.288 bits per heavy atom. The fraction of sp³-hybridized carbons (Fsp3) is 0.917. The van der Waals surface area contributed by atoms with Crippen molar-refractivity contribution in [3.8, 4) is 0 Å². The highest BCUT2D eigenvalue weighted by atomic mass is 16.6. The van der Waals surface area contributed by atoms with Gasteiger partial charge in [-0.1, -0.05) is 283 Å². The van der Waals surface area contributed by atoms with Gasteiger partial charge in [0.05, 0.1) is 0 Å². The van der Waals surface area contributed by atoms with Gasteiger partial charge in [0.1, 0.15) is 13.2 Å². The van der Waals surface area contributed by atoms with Crippen LogP contribution >= 0.6 is 0 Å². The maximum atomic E-state index is 12.8. The van der Waals surface area contributed by atoms with E-state index >= 15 is 0 Å². The van der Waals surface area contributed by atoms with Crippen LogP contribution in [0.1, 0.15) is 335 Å². The third-order valence-electron chi connectivity index (χ3n) is 13.5. The van der Waals surface area contributed by atoms with Crippen molar-refractivity contribution >= 4 is 17.9 Å². The summed E-state index contributed by atoms with van der Waals surface area (Å²) in [6.07, 6.45) is 63.6. The molecule has 6 nitrogen and oxygen atoms in total. The minimum absolute atomic E-state index is 0.0666. The van der Waals surface area contributed by atoms with Crippen LogP contribution in [0.25, 0.3) is 0 Å². The van der Waals surface area contributed by atoms with Crippen molar-refractivity contribution in [2.24, 2.45) is 0 Å². The van der Waals surface area contributed by atoms with Crippen molar-refractivity contribution in [3.63, 3.8) is 0 Å². The van der Waals surface area contributed by atoms with Gasteiger partial charge in [0.2, 0.25) is 0 Å². The van der Waals surface area contributed by atoms with Gasteiger partial charge in [-0.05, 0) is 44.9 Å². The van der Waals surface area contributed by atoms with E-state index in [2.05, 4.69) is 32.9 Å². The molecule has 390 valence electrons. The van der Waals surface area contributed by atoms with E-state index in [1.807, 2.05) is 0 Å². The molecule has 0 saturated carbocycles. The van der Waals surface area contributed by atoms with Gasteiger partial charge in [-0.3, -0.25) is 14.4 Å². The number of hydrogen-bond donors (Lipinski definition) is 0. The Bertz CT molecular complexity index is 1020. The average Bonchev–Trinajstić information content (AvgIpc) is 3.31. The molecule has 0 N–H and O–H groups in total. The molecule has 1 unspecified atom stereocenters. The second-order valence-electron chi connectivity index (χ2n) is 20.3. The summed E-state index contributed by atoms with van der Waals surface area (Å²) in [5, 5.41) is 0. The first-order chi connectivity index (χ1) is 32.5. The molecule has 0 bridgehead atoms. The topological polar surface area (TPSA) is 78.9 Å². The van der Waals surface area contributed by atoms with Crippen molar-refractivity contribution in [1.82, 2.24) is 0 Å². The zero-order chi connectivity index (χ0) is 47.9. The first-order valence-electron chi connectivity index (χ1n) is 29.7. The second-order valence-corrected chi connectivity index (χ2v) is 20.3. The highest BCUT2D eigenvalue weighted by Crippen LogP contribution is 2.18. The highest BCUT2D eigenvalue weighted by Gasteiger charge is 2.19. The van der Waals surface area contributed by atoms with Crippen molar-refractivity contribution in [1.29, 1.82) is 0 Å². The van der Waals surface area contributed by atoms with Gasteiger partial charge >= 0.3 is 17.9 Å². The lowest BCUT2D eigenvalue weighted by atomic mass is 10.0. The average molecular weight is 932 g/mol. The monoisotopic (exact) mass is 931 g/mol. The van der Waals surface area contributed by atoms with E-state index in [1.165, 1.54) is 231 Å². The second kappa shape index (κ2) is 55.7. The van der Waals surface area contributed by atoms with Crippen molar-refractivity contribution < 1.29 is 28.6 Å². The molecule has 0 saturated heterocycles. The number of carbonyl (C=O) groups excluding carboxylic acids is 3. The molecule has 66 heavy (non-hydrogen) atoms. The molecule has 0 amide bonds. The summed E-state index contributed by atoms with van der Waals surface area (Å²) in [6, 6.07) is 0. The lowest BCUT2D eigenvalue weighted by Gasteiger charge is -2.18. The number of esters is 3. The Hall–Kier alpha value is -1.85. The molecule has 0 radical (unpaired) electrons. The minimum atomic E-state index is -0.767. The standard InChI is InChI=1S/C60H114O6/c1-4-7-10-13-16-19-22-25-26-27-28-29-30-31-32-33-34-36-38-41-44-47-50-53-59(62)65-56-57(55-64-58(61)52-49-46-43-40-37-24-21-18-15-12-9-6-3)66-60(63)54-51-48-45-42-39-35-23-20-17-14-11-8-5-2/h18,21,57H,4-17,19-20,22-56H2,1-3H3/b21-18-. The summed E-state index contributed by atoms with van der Waals surface area (Å²) in [5.41, 5.74) is 0. The quantitative estimate of drug-likeness (QED) is 0.0262. The number of unbranched alkanes of at least 4 members (excludes halogenated alkanes) is 42. The zero-order valence-corrected chi connectivity index (χ0v) is 44.7. The molecule has 0 aliphatic carbocycles. The maximum Gasteiger partial charge on any atom is 0.306 e. The number of rotatable bonds is 55. The van der Waals surface area contributed by atoms with Crippen LogP contribution < -0.4 is 0 Å². The van der Waals surface area contributed by atoms with E-state index < -0.39 is 6.10 Å². The van der Waals surface area contributed by atoms with E-state index in [0.717, 1.165) is 64.2 Å². The van der Waals surface area contributed by atoms with E-state index in [4.69, 9.17) is 14.2 Å². The van der Waals surface area contributed by atoms with E-state index in [0.29, 0.717) is 19.3 Å². The molecule has 0 aromatic heterocycles. The van der Waals surface area contributed by atoms with Crippen molar-refractivity contribution in [2.75, 3.05) is 13.2 Å². The molecule has 1 atom stereocenters. The number of carbonyl (C=O) groups is 3. The number of hydrogen-bond acceptors (Lipinski definition) is 6. The van der Waals surface area contributed by atoms with Gasteiger partial charge < -0.3 is 14.2 Å². The normalized spacial score (nSPS) is 12.0. The molecule has 0 spiro atoms. The minimum Gasteiger partial charge on any atom is -0.462 e. The van der Waals surface area contributed by atoms with Crippen LogP contribution in [0.15, 0.2) is 12.2 Å². The van der Waals surface area contributed by atoms with Crippen LogP contribution in [0.5, 0.6) is 0 Å². The number of ether oxygens (including phenoxy) is 3. The first-order valence-corrected chi connectivity index (χ1v) is 29.7. The molecule has 0 aromatic rings. The Morgan fingerprint density at radius 3 is 0.788 bits per heavy atom. The highest BCUT2D eigenvalue weighted by molar-refractivity contribution is 5.71. The lowest BCUT2D eigenvalue weighted by Crippen LogP contribution is -2.30. The fourth-order valence-corrected chi connectivity index (χ4v) is 9.03. The molecule has 0 aromatic carbocycles. The van der Waals surface area contributed by atoms with Gasteiger partial charge in [0.25, 0.3) is 0 Å². The summed E-state index contributed by atoms with van der Waals surface area (Å²) in [6.45, 7) is 6.66. The third kappa shape index (κ3) is 53.1. The summed E-state index contributed by atoms with van der Waals surface area (Å²) in [4.78, 5) is 38.1. The molecule has 0 aliphatic heterocycles. The Balaban J connectivity index is 4.19. The van der Waals surface area contributed by atoms with E-state index in [-0.39, 0.29) is 31.1 Å². The lowest BCUT2D eigenvalue weighted by molar-refractivity contribution is -0.167. The molecule has 0 rings (SSSR count). The Morgan fingerprint density at radius 2 is 0.500 bits per heavy atom. The molecule has 0 fully saturated rings. The Kier molecular flexibility index (Phi) is 54.2. The molecule has 6 heteroatoms. The van der Waals surface area contributed by atoms with Gasteiger partial charge in [-0.15, -0.1) is 0 Å². The largest absolute Gasteiger partial charge is 0.462 e. The van der Waals surface area contributed by atoms with Gasteiger partial charge in [0, 0.05) is 19.3 Å². The van der Waals surface area contributed by atoms with Crippen LogP contribution in [0.3, 0.4) is 0 Å². The summed E-state index contributed by atoms with van der Waals surface area (Å²) in [5.74, 6) is -0.853. The summed E-state index contributed by atoms with van der Waals surface area (Å²) >= 11 is 0. The first kappa shape index (κ1) is 64.2. The third-order valence-corrected chi connectivity index (χ3v) is 13.5. The fourth-order valence-electron chi connectivity index (χ4n) is 9.03. The van der Waals surface area contributed by atoms with Crippen molar-refractivity contribution in [2.45, 2.75) is 341 Å². The number of allylic oxidation sites excluding steroid dienone is 2. The summed E-state index contributed by atoms with van der Waals surface area (Å²) < 4.78 is 16.9. The van der Waals surface area contributed by atoms with Crippen LogP contribution in [0, 0.1) is 0 Å². The van der Waals surface area contributed by atoms with Crippen LogP contribution in [-0.2, 0) is 28.6 Å². The molecular weight excluding hydrogens is 817 g/mol. The van der Waals surface area contributed by atoms with Gasteiger partial charge in [-0.2, -0.15) is 0 Å². The van der Waals surface area contributed by atoms with Gasteiger partial charge in [-0.25, -0.2) is 0 Å². The van der Waals surface area contributed by atoms with Crippen LogP contribution in [0.4, 0.5) is 0 Å².